The highest BCUT2D eigenvalue weighted by molar-refractivity contribution is 5.96. The third-order valence-corrected chi connectivity index (χ3v) is 2.77. The Morgan fingerprint density at radius 3 is 2.74 bits per heavy atom. The Kier molecular flexibility index (Phi) is 3.82. The summed E-state index contributed by atoms with van der Waals surface area (Å²) in [6.07, 6.45) is -0.361. The Bertz CT molecular complexity index is 565. The van der Waals surface area contributed by atoms with Gasteiger partial charge in [0, 0.05) is 5.69 Å². The number of para-hydroxylation sites is 1. The van der Waals surface area contributed by atoms with Gasteiger partial charge in [0.1, 0.15) is 17.5 Å². The average molecular weight is 260 g/mol. The summed E-state index contributed by atoms with van der Waals surface area (Å²) in [5.74, 6) is 5.50. The number of ether oxygens (including phenoxy) is 1. The van der Waals surface area contributed by atoms with Crippen LogP contribution in [-0.4, -0.2) is 16.1 Å². The number of rotatable bonds is 4. The first-order chi connectivity index (χ1) is 9.13. The minimum absolute atomic E-state index is 0.361. The van der Waals surface area contributed by atoms with E-state index in [0.29, 0.717) is 17.0 Å². The van der Waals surface area contributed by atoms with Crippen molar-refractivity contribution in [2.24, 2.45) is 5.84 Å². The summed E-state index contributed by atoms with van der Waals surface area (Å²) >= 11 is 0. The third-order valence-electron chi connectivity index (χ3n) is 2.77. The van der Waals surface area contributed by atoms with Crippen molar-refractivity contribution in [3.8, 4) is 5.75 Å². The summed E-state index contributed by atoms with van der Waals surface area (Å²) < 4.78 is 5.75. The van der Waals surface area contributed by atoms with Crippen LogP contribution in [0.15, 0.2) is 30.3 Å². The first-order valence-electron chi connectivity index (χ1n) is 5.91. The van der Waals surface area contributed by atoms with Gasteiger partial charge in [0.15, 0.2) is 0 Å². The molecule has 1 aromatic heterocycles. The Hall–Kier alpha value is -2.34. The third kappa shape index (κ3) is 2.74. The van der Waals surface area contributed by atoms with Crippen molar-refractivity contribution in [2.75, 3.05) is 0 Å². The normalized spacial score (nSPS) is 11.9. The van der Waals surface area contributed by atoms with Crippen LogP contribution >= 0.6 is 0 Å². The maximum absolute atomic E-state index is 11.7. The molecule has 4 N–H and O–H groups in total. The van der Waals surface area contributed by atoms with Gasteiger partial charge in [-0.15, -0.1) is 0 Å². The SMILES string of the molecule is Cc1[nH]nc(C(C)Oc2ccccc2)c1C(=O)NN. The number of nitrogens with two attached hydrogens (primary N) is 1. The smallest absolute Gasteiger partial charge is 0.269 e. The van der Waals surface area contributed by atoms with Crippen molar-refractivity contribution in [1.82, 2.24) is 15.6 Å². The van der Waals surface area contributed by atoms with Gasteiger partial charge in [-0.1, -0.05) is 18.2 Å². The molecule has 6 nitrogen and oxygen atoms in total. The molecule has 1 unspecified atom stereocenters. The molecule has 0 spiro atoms. The van der Waals surface area contributed by atoms with Crippen molar-refractivity contribution in [1.29, 1.82) is 0 Å². The first-order valence-corrected chi connectivity index (χ1v) is 5.91. The Labute approximate surface area is 110 Å². The molecule has 6 heteroatoms. The molecule has 2 aromatic rings. The lowest BCUT2D eigenvalue weighted by atomic mass is 10.1. The summed E-state index contributed by atoms with van der Waals surface area (Å²) in [6, 6.07) is 9.36. The number of hydrazine groups is 1. The number of aromatic nitrogens is 2. The van der Waals surface area contributed by atoms with E-state index in [-0.39, 0.29) is 12.0 Å². The van der Waals surface area contributed by atoms with Crippen LogP contribution in [0.25, 0.3) is 0 Å². The largest absolute Gasteiger partial charge is 0.484 e. The number of hydrogen-bond donors (Lipinski definition) is 3. The van der Waals surface area contributed by atoms with Gasteiger partial charge >= 0.3 is 0 Å². The minimum Gasteiger partial charge on any atom is -0.484 e. The maximum atomic E-state index is 11.7. The molecule has 0 radical (unpaired) electrons. The Morgan fingerprint density at radius 1 is 1.42 bits per heavy atom. The van der Waals surface area contributed by atoms with Crippen molar-refractivity contribution in [3.63, 3.8) is 0 Å². The van der Waals surface area contributed by atoms with Crippen LogP contribution in [0.5, 0.6) is 5.75 Å². The quantitative estimate of drug-likeness (QED) is 0.441. The standard InChI is InChI=1S/C13H16N4O2/c1-8-11(13(18)15-14)12(17-16-8)9(2)19-10-6-4-3-5-7-10/h3-7,9H,14H2,1-2H3,(H,15,18)(H,16,17). The fraction of sp³-hybridized carbons (Fsp3) is 0.231. The van der Waals surface area contributed by atoms with Crippen molar-refractivity contribution in [3.05, 3.63) is 47.3 Å². The van der Waals surface area contributed by atoms with Crippen LogP contribution in [0.1, 0.15) is 34.8 Å². The highest BCUT2D eigenvalue weighted by Crippen LogP contribution is 2.23. The van der Waals surface area contributed by atoms with E-state index in [1.54, 1.807) is 6.92 Å². The molecular weight excluding hydrogens is 244 g/mol. The zero-order valence-electron chi connectivity index (χ0n) is 10.8. The summed E-state index contributed by atoms with van der Waals surface area (Å²) in [7, 11) is 0. The molecule has 0 fully saturated rings. The van der Waals surface area contributed by atoms with Gasteiger partial charge in [0.2, 0.25) is 0 Å². The van der Waals surface area contributed by atoms with Crippen molar-refractivity contribution < 1.29 is 9.53 Å². The van der Waals surface area contributed by atoms with E-state index >= 15 is 0 Å². The van der Waals surface area contributed by atoms with Crippen LogP contribution in [-0.2, 0) is 0 Å². The number of aryl methyl sites for hydroxylation is 1. The lowest BCUT2D eigenvalue weighted by Gasteiger charge is -2.14. The number of nitrogens with one attached hydrogen (secondary N) is 2. The average Bonchev–Trinajstić information content (AvgIpc) is 2.81. The second-order valence-electron chi connectivity index (χ2n) is 4.16. The number of aromatic amines is 1. The summed E-state index contributed by atoms with van der Waals surface area (Å²) in [4.78, 5) is 11.7. The molecule has 0 aliphatic rings. The summed E-state index contributed by atoms with van der Waals surface area (Å²) in [6.45, 7) is 3.59. The first kappa shape index (κ1) is 13.1. The number of amides is 1. The molecule has 1 atom stereocenters. The zero-order valence-corrected chi connectivity index (χ0v) is 10.8. The second-order valence-corrected chi connectivity index (χ2v) is 4.16. The summed E-state index contributed by atoms with van der Waals surface area (Å²) in [5, 5.41) is 6.89. The lowest BCUT2D eigenvalue weighted by molar-refractivity contribution is 0.0948. The highest BCUT2D eigenvalue weighted by atomic mass is 16.5. The Morgan fingerprint density at radius 2 is 2.11 bits per heavy atom. The monoisotopic (exact) mass is 260 g/mol. The number of nitrogens with zero attached hydrogens (tertiary/aromatic N) is 1. The topological polar surface area (TPSA) is 93.0 Å². The Balaban J connectivity index is 2.24. The van der Waals surface area contributed by atoms with E-state index in [2.05, 4.69) is 15.6 Å². The minimum atomic E-state index is -0.384. The molecule has 0 saturated carbocycles. The van der Waals surface area contributed by atoms with Crippen LogP contribution in [0.2, 0.25) is 0 Å². The van der Waals surface area contributed by atoms with E-state index in [1.807, 2.05) is 37.3 Å². The molecule has 19 heavy (non-hydrogen) atoms. The fourth-order valence-corrected chi connectivity index (χ4v) is 1.86. The van der Waals surface area contributed by atoms with E-state index in [4.69, 9.17) is 10.6 Å². The predicted molar refractivity (Wildman–Crippen MR) is 70.5 cm³/mol. The van der Waals surface area contributed by atoms with E-state index < -0.39 is 0 Å². The van der Waals surface area contributed by atoms with Crippen molar-refractivity contribution in [2.45, 2.75) is 20.0 Å². The zero-order chi connectivity index (χ0) is 13.8. The molecule has 1 heterocycles. The second kappa shape index (κ2) is 5.53. The molecular formula is C13H16N4O2. The van der Waals surface area contributed by atoms with Gasteiger partial charge in [-0.05, 0) is 26.0 Å². The van der Waals surface area contributed by atoms with E-state index in [9.17, 15) is 4.79 Å². The fourth-order valence-electron chi connectivity index (χ4n) is 1.86. The maximum Gasteiger partial charge on any atom is 0.269 e. The molecule has 0 aliphatic heterocycles. The van der Waals surface area contributed by atoms with Crippen LogP contribution in [0, 0.1) is 6.92 Å². The summed E-state index contributed by atoms with van der Waals surface area (Å²) in [5.41, 5.74) is 3.72. The van der Waals surface area contributed by atoms with Gasteiger partial charge in [-0.3, -0.25) is 15.3 Å². The van der Waals surface area contributed by atoms with E-state index in [0.717, 1.165) is 5.75 Å². The van der Waals surface area contributed by atoms with Gasteiger partial charge in [-0.25, -0.2) is 5.84 Å². The van der Waals surface area contributed by atoms with Gasteiger partial charge in [-0.2, -0.15) is 5.10 Å². The number of benzene rings is 1. The molecule has 0 saturated heterocycles. The van der Waals surface area contributed by atoms with Crippen LogP contribution in [0.4, 0.5) is 0 Å². The van der Waals surface area contributed by atoms with Gasteiger partial charge < -0.3 is 4.74 Å². The van der Waals surface area contributed by atoms with Gasteiger partial charge in [0.05, 0.1) is 5.56 Å². The lowest BCUT2D eigenvalue weighted by Crippen LogP contribution is -2.31. The number of carbonyl (C=O) groups is 1. The molecule has 1 amide bonds. The van der Waals surface area contributed by atoms with Crippen LogP contribution in [0.3, 0.4) is 0 Å². The molecule has 2 rings (SSSR count). The van der Waals surface area contributed by atoms with Crippen molar-refractivity contribution >= 4 is 5.91 Å². The molecule has 0 aliphatic carbocycles. The molecule has 100 valence electrons. The number of hydrogen-bond acceptors (Lipinski definition) is 4. The number of carbonyl (C=O) groups excluding carboxylic acids is 1. The molecule has 0 bridgehead atoms. The van der Waals surface area contributed by atoms with E-state index in [1.165, 1.54) is 0 Å². The number of H-pyrrole nitrogens is 1. The highest BCUT2D eigenvalue weighted by Gasteiger charge is 2.22. The van der Waals surface area contributed by atoms with Crippen LogP contribution < -0.4 is 16.0 Å². The number of nitrogen functional groups attached to an aromatic ring is 1. The van der Waals surface area contributed by atoms with Gasteiger partial charge in [0.25, 0.3) is 5.91 Å². The predicted octanol–water partition coefficient (Wildman–Crippen LogP) is 1.46. The molecule has 1 aromatic carbocycles.